The summed E-state index contributed by atoms with van der Waals surface area (Å²) in [7, 11) is -3.60. The molecule has 0 aliphatic carbocycles. The zero-order valence-electron chi connectivity index (χ0n) is 8.33. The predicted octanol–water partition coefficient (Wildman–Crippen LogP) is 2.78. The van der Waals surface area contributed by atoms with Gasteiger partial charge < -0.3 is 0 Å². The van der Waals surface area contributed by atoms with Crippen LogP contribution in [0, 0.1) is 0 Å². The Kier molecular flexibility index (Phi) is 3.82. The number of sulfonamides is 1. The van der Waals surface area contributed by atoms with Gasteiger partial charge in [-0.25, -0.2) is 0 Å². The van der Waals surface area contributed by atoms with Crippen LogP contribution in [-0.4, -0.2) is 14.6 Å². The van der Waals surface area contributed by atoms with Crippen LogP contribution in [0.5, 0.6) is 0 Å². The summed E-state index contributed by atoms with van der Waals surface area (Å²) in [6.07, 6.45) is 1.45. The molecule has 8 heteroatoms. The molecular formula is C9H7ClN2O2S3. The van der Waals surface area contributed by atoms with Crippen LogP contribution in [0.3, 0.4) is 0 Å². The Labute approximate surface area is 112 Å². The highest BCUT2D eigenvalue weighted by molar-refractivity contribution is 7.91. The molecule has 0 aliphatic rings. The van der Waals surface area contributed by atoms with E-state index in [0.717, 1.165) is 16.9 Å². The van der Waals surface area contributed by atoms with Crippen LogP contribution < -0.4 is 4.83 Å². The fraction of sp³-hybridized carbons (Fsp3) is 0. The summed E-state index contributed by atoms with van der Waals surface area (Å²) in [6.45, 7) is 0. The van der Waals surface area contributed by atoms with Gasteiger partial charge in [-0.2, -0.15) is 29.7 Å². The lowest BCUT2D eigenvalue weighted by molar-refractivity contribution is 0.587. The Hall–Kier alpha value is -0.890. The summed E-state index contributed by atoms with van der Waals surface area (Å²) in [5.41, 5.74) is 0.849. The number of hydrogen-bond acceptors (Lipinski definition) is 5. The predicted molar refractivity (Wildman–Crippen MR) is 71.6 cm³/mol. The zero-order valence-corrected chi connectivity index (χ0v) is 11.5. The Morgan fingerprint density at radius 3 is 2.76 bits per heavy atom. The summed E-state index contributed by atoms with van der Waals surface area (Å²) in [5, 5.41) is 7.42. The van der Waals surface area contributed by atoms with E-state index in [-0.39, 0.29) is 4.21 Å². The van der Waals surface area contributed by atoms with Crippen molar-refractivity contribution in [3.63, 3.8) is 0 Å². The Morgan fingerprint density at radius 2 is 2.18 bits per heavy atom. The summed E-state index contributed by atoms with van der Waals surface area (Å²) in [5.74, 6) is 0. The first-order valence-corrected chi connectivity index (χ1v) is 8.02. The van der Waals surface area contributed by atoms with E-state index in [9.17, 15) is 8.42 Å². The topological polar surface area (TPSA) is 58.5 Å². The third-order valence-electron chi connectivity index (χ3n) is 1.74. The molecule has 17 heavy (non-hydrogen) atoms. The van der Waals surface area contributed by atoms with E-state index in [4.69, 9.17) is 11.6 Å². The lowest BCUT2D eigenvalue weighted by Crippen LogP contribution is -2.16. The van der Waals surface area contributed by atoms with Gasteiger partial charge in [-0.05, 0) is 29.0 Å². The van der Waals surface area contributed by atoms with Crippen LogP contribution in [0.15, 0.2) is 38.3 Å². The molecule has 2 rings (SSSR count). The van der Waals surface area contributed by atoms with Crippen molar-refractivity contribution in [1.82, 2.24) is 4.83 Å². The van der Waals surface area contributed by atoms with Gasteiger partial charge in [0.05, 0.1) is 10.6 Å². The smallest absolute Gasteiger partial charge is 0.199 e. The van der Waals surface area contributed by atoms with Gasteiger partial charge >= 0.3 is 0 Å². The van der Waals surface area contributed by atoms with Crippen molar-refractivity contribution in [3.05, 3.63) is 38.9 Å². The molecule has 0 spiro atoms. The molecule has 2 aromatic rings. The summed E-state index contributed by atoms with van der Waals surface area (Å²) >= 11 is 8.17. The molecule has 0 atom stereocenters. The zero-order chi connectivity index (χ0) is 12.3. The summed E-state index contributed by atoms with van der Waals surface area (Å²) in [4.78, 5) is 2.12. The quantitative estimate of drug-likeness (QED) is 0.697. The second-order valence-electron chi connectivity index (χ2n) is 2.97. The molecule has 0 aromatic carbocycles. The Balaban J connectivity index is 2.08. The lowest BCUT2D eigenvalue weighted by atomic mass is 10.4. The highest BCUT2D eigenvalue weighted by Crippen LogP contribution is 2.25. The second kappa shape index (κ2) is 5.18. The van der Waals surface area contributed by atoms with Crippen molar-refractivity contribution in [2.24, 2.45) is 5.10 Å². The molecule has 0 radical (unpaired) electrons. The van der Waals surface area contributed by atoms with E-state index in [1.54, 1.807) is 0 Å². The number of thiophene rings is 2. The van der Waals surface area contributed by atoms with Gasteiger partial charge in [0.1, 0.15) is 4.21 Å². The third-order valence-corrected chi connectivity index (χ3v) is 5.39. The highest BCUT2D eigenvalue weighted by Gasteiger charge is 2.15. The van der Waals surface area contributed by atoms with Crippen LogP contribution in [0.2, 0.25) is 4.34 Å². The maximum atomic E-state index is 11.7. The van der Waals surface area contributed by atoms with E-state index in [1.165, 1.54) is 29.7 Å². The molecule has 0 amide bonds. The van der Waals surface area contributed by atoms with E-state index >= 15 is 0 Å². The van der Waals surface area contributed by atoms with Crippen LogP contribution in [0.4, 0.5) is 0 Å². The standard InChI is InChI=1S/C9H7ClN2O2S3/c10-8-1-2-9(16-8)17(13,14)12-11-5-7-3-4-15-6-7/h1-6,12H/b11-5+. The first kappa shape index (κ1) is 12.6. The molecule has 1 N–H and O–H groups in total. The SMILES string of the molecule is O=S(=O)(N/N=C/c1ccsc1)c1ccc(Cl)s1. The first-order valence-electron chi connectivity index (χ1n) is 4.40. The van der Waals surface area contributed by atoms with Gasteiger partial charge in [0.2, 0.25) is 0 Å². The molecule has 4 nitrogen and oxygen atoms in total. The van der Waals surface area contributed by atoms with E-state index in [1.807, 2.05) is 16.8 Å². The minimum absolute atomic E-state index is 0.143. The van der Waals surface area contributed by atoms with Crippen molar-refractivity contribution < 1.29 is 8.42 Å². The van der Waals surface area contributed by atoms with Crippen molar-refractivity contribution in [2.75, 3.05) is 0 Å². The van der Waals surface area contributed by atoms with Gasteiger partial charge in [-0.15, -0.1) is 11.3 Å². The van der Waals surface area contributed by atoms with Gasteiger partial charge in [0.15, 0.2) is 0 Å². The maximum Gasteiger partial charge on any atom is 0.286 e. The van der Waals surface area contributed by atoms with E-state index < -0.39 is 10.0 Å². The van der Waals surface area contributed by atoms with Gasteiger partial charge in [0, 0.05) is 5.56 Å². The van der Waals surface area contributed by atoms with Crippen molar-refractivity contribution in [1.29, 1.82) is 0 Å². The number of nitrogens with zero attached hydrogens (tertiary/aromatic N) is 1. The molecule has 90 valence electrons. The fourth-order valence-corrected chi connectivity index (χ4v) is 3.88. The Morgan fingerprint density at radius 1 is 1.35 bits per heavy atom. The number of nitrogens with one attached hydrogen (secondary N) is 1. The van der Waals surface area contributed by atoms with Crippen molar-refractivity contribution in [2.45, 2.75) is 4.21 Å². The molecule has 2 aromatic heterocycles. The molecule has 0 bridgehead atoms. The average Bonchev–Trinajstić information content (AvgIpc) is 2.89. The van der Waals surface area contributed by atoms with Gasteiger partial charge in [-0.1, -0.05) is 11.6 Å². The lowest BCUT2D eigenvalue weighted by Gasteiger charge is -1.98. The molecule has 0 saturated heterocycles. The number of hydrogen-bond donors (Lipinski definition) is 1. The average molecular weight is 307 g/mol. The van der Waals surface area contributed by atoms with Crippen molar-refractivity contribution >= 4 is 50.5 Å². The molecule has 0 saturated carbocycles. The highest BCUT2D eigenvalue weighted by atomic mass is 35.5. The molecule has 2 heterocycles. The van der Waals surface area contributed by atoms with E-state index in [0.29, 0.717) is 4.34 Å². The monoisotopic (exact) mass is 306 g/mol. The normalized spacial score (nSPS) is 12.1. The maximum absolute atomic E-state index is 11.7. The molecular weight excluding hydrogens is 300 g/mol. The number of halogens is 1. The number of hydrazone groups is 1. The minimum Gasteiger partial charge on any atom is -0.199 e. The fourth-order valence-electron chi connectivity index (χ4n) is 1.01. The summed E-state index contributed by atoms with van der Waals surface area (Å²) < 4.78 is 24.0. The molecule has 0 unspecified atom stereocenters. The second-order valence-corrected chi connectivity index (χ2v) is 7.35. The van der Waals surface area contributed by atoms with Gasteiger partial charge in [0.25, 0.3) is 10.0 Å². The minimum atomic E-state index is -3.60. The van der Waals surface area contributed by atoms with Crippen LogP contribution in [0.25, 0.3) is 0 Å². The number of rotatable bonds is 4. The first-order chi connectivity index (χ1) is 8.08. The van der Waals surface area contributed by atoms with E-state index in [2.05, 4.69) is 9.93 Å². The molecule has 0 fully saturated rings. The molecule has 0 aliphatic heterocycles. The van der Waals surface area contributed by atoms with Crippen LogP contribution in [0.1, 0.15) is 5.56 Å². The summed E-state index contributed by atoms with van der Waals surface area (Å²) in [6, 6.07) is 4.81. The largest absolute Gasteiger partial charge is 0.286 e. The Bertz CT molecular complexity index is 616. The van der Waals surface area contributed by atoms with Crippen molar-refractivity contribution in [3.8, 4) is 0 Å². The third kappa shape index (κ3) is 3.29. The van der Waals surface area contributed by atoms with Gasteiger partial charge in [-0.3, -0.25) is 0 Å². The van der Waals surface area contributed by atoms with Crippen LogP contribution in [-0.2, 0) is 10.0 Å². The van der Waals surface area contributed by atoms with Crippen LogP contribution >= 0.6 is 34.3 Å².